The van der Waals surface area contributed by atoms with Crippen molar-refractivity contribution < 1.29 is 0 Å². The van der Waals surface area contributed by atoms with Gasteiger partial charge in [0.25, 0.3) is 0 Å². The maximum Gasteiger partial charge on any atom is 0.225 e. The number of anilines is 1. The van der Waals surface area contributed by atoms with E-state index < -0.39 is 0 Å². The first-order chi connectivity index (χ1) is 11.7. The highest BCUT2D eigenvalue weighted by Crippen LogP contribution is 2.41. The molecule has 0 saturated carbocycles. The number of piperidine rings is 2. The molecule has 0 bridgehead atoms. The minimum atomic E-state index is 0.564. The molecule has 5 heteroatoms. The fraction of sp³-hybridized carbons (Fsp3) is 0.789. The molecule has 2 fully saturated rings. The zero-order chi connectivity index (χ0) is 18.0. The molecular weight excluding hydrogens is 298 g/mol. The number of aryl methyl sites for hydroxylation is 1. The molecule has 138 valence electrons. The summed E-state index contributed by atoms with van der Waals surface area (Å²) in [7, 11) is 2.02. The van der Waals surface area contributed by atoms with Crippen molar-refractivity contribution in [1.29, 1.82) is 0 Å². The van der Waals surface area contributed by atoms with E-state index in [1.165, 1.54) is 38.8 Å². The van der Waals surface area contributed by atoms with Gasteiger partial charge in [-0.05, 0) is 50.6 Å². The van der Waals surface area contributed by atoms with Crippen LogP contribution < -0.4 is 10.3 Å². The highest BCUT2D eigenvalue weighted by Gasteiger charge is 2.37. The van der Waals surface area contributed by atoms with Crippen molar-refractivity contribution in [3.63, 3.8) is 0 Å². The van der Waals surface area contributed by atoms with E-state index in [9.17, 15) is 0 Å². The number of aromatic nitrogens is 2. The van der Waals surface area contributed by atoms with Gasteiger partial charge in [-0.1, -0.05) is 27.7 Å². The number of hydrazine groups is 1. The number of nitrogens with one attached hydrogen (secondary N) is 1. The van der Waals surface area contributed by atoms with Crippen LogP contribution in [0, 0.1) is 12.3 Å². The Morgan fingerprint density at radius 3 is 1.79 bits per heavy atom. The molecule has 2 aliphatic rings. The fourth-order valence-electron chi connectivity index (χ4n) is 3.43. The molecule has 0 atom stereocenters. The quantitative estimate of drug-likeness (QED) is 0.893. The predicted molar refractivity (Wildman–Crippen MR) is 103 cm³/mol. The van der Waals surface area contributed by atoms with Gasteiger partial charge in [0, 0.05) is 38.6 Å². The third kappa shape index (κ3) is 5.42. The van der Waals surface area contributed by atoms with Gasteiger partial charge in [0.2, 0.25) is 5.95 Å². The van der Waals surface area contributed by atoms with Crippen LogP contribution in [0.2, 0.25) is 0 Å². The molecule has 24 heavy (non-hydrogen) atoms. The number of nitrogens with zero attached hydrogens (tertiary/aromatic N) is 4. The Morgan fingerprint density at radius 1 is 0.875 bits per heavy atom. The van der Waals surface area contributed by atoms with Crippen molar-refractivity contribution >= 4 is 5.95 Å². The van der Waals surface area contributed by atoms with E-state index in [2.05, 4.69) is 25.3 Å². The Kier molecular flexibility index (Phi) is 9.22. The van der Waals surface area contributed by atoms with Gasteiger partial charge in [0.05, 0.1) is 0 Å². The second-order valence-corrected chi connectivity index (χ2v) is 6.26. The molecule has 1 aromatic rings. The van der Waals surface area contributed by atoms with Gasteiger partial charge in [0.1, 0.15) is 0 Å². The first kappa shape index (κ1) is 20.8. The summed E-state index contributed by atoms with van der Waals surface area (Å²) >= 11 is 0. The van der Waals surface area contributed by atoms with Crippen molar-refractivity contribution in [2.45, 2.75) is 60.3 Å². The zero-order valence-corrected chi connectivity index (χ0v) is 16.6. The molecule has 1 N–H and O–H groups in total. The van der Waals surface area contributed by atoms with Crippen LogP contribution in [0.4, 0.5) is 5.95 Å². The summed E-state index contributed by atoms with van der Waals surface area (Å²) in [6.45, 7) is 14.6. The van der Waals surface area contributed by atoms with Crippen LogP contribution in [-0.4, -0.2) is 48.2 Å². The van der Waals surface area contributed by atoms with Crippen LogP contribution in [-0.2, 0) is 0 Å². The van der Waals surface area contributed by atoms with Crippen molar-refractivity contribution in [1.82, 2.24) is 20.4 Å². The maximum absolute atomic E-state index is 4.46. The van der Waals surface area contributed by atoms with Crippen molar-refractivity contribution in [3.05, 3.63) is 18.0 Å². The van der Waals surface area contributed by atoms with E-state index in [0.717, 1.165) is 24.6 Å². The van der Waals surface area contributed by atoms with Crippen LogP contribution in [0.15, 0.2) is 12.4 Å². The normalized spacial score (nSPS) is 19.8. The lowest BCUT2D eigenvalue weighted by molar-refractivity contribution is 0.0555. The second-order valence-electron chi connectivity index (χ2n) is 6.26. The molecule has 5 nitrogen and oxygen atoms in total. The van der Waals surface area contributed by atoms with Gasteiger partial charge in [-0.15, -0.1) is 0 Å². The van der Waals surface area contributed by atoms with Crippen LogP contribution >= 0.6 is 0 Å². The average molecular weight is 336 g/mol. The van der Waals surface area contributed by atoms with Crippen LogP contribution in [0.25, 0.3) is 0 Å². The smallest absolute Gasteiger partial charge is 0.225 e. The van der Waals surface area contributed by atoms with E-state index >= 15 is 0 Å². The topological polar surface area (TPSA) is 44.3 Å². The first-order valence-electron chi connectivity index (χ1n) is 9.67. The highest BCUT2D eigenvalue weighted by atomic mass is 15.5. The molecular formula is C19H37N5. The Hall–Kier alpha value is -1.20. The lowest BCUT2D eigenvalue weighted by atomic mass is 9.71. The largest absolute Gasteiger partial charge is 0.341 e. The summed E-state index contributed by atoms with van der Waals surface area (Å²) in [6.07, 6.45) is 9.02. The van der Waals surface area contributed by atoms with Crippen molar-refractivity contribution in [3.8, 4) is 0 Å². The molecule has 0 unspecified atom stereocenters. The summed E-state index contributed by atoms with van der Waals surface area (Å²) < 4.78 is 0. The maximum atomic E-state index is 4.46. The highest BCUT2D eigenvalue weighted by molar-refractivity contribution is 5.30. The zero-order valence-electron chi connectivity index (χ0n) is 16.6. The molecule has 3 heterocycles. The SMILES string of the molecule is CC.CC.CNN1CCC2(CC1)CCN(c1ncc(C)cn1)CC2. The molecule has 1 aromatic heterocycles. The first-order valence-corrected chi connectivity index (χ1v) is 9.67. The predicted octanol–water partition coefficient (Wildman–Crippen LogP) is 3.65. The van der Waals surface area contributed by atoms with E-state index in [1.54, 1.807) is 0 Å². The number of rotatable bonds is 2. The van der Waals surface area contributed by atoms with Crippen LogP contribution in [0.3, 0.4) is 0 Å². The van der Waals surface area contributed by atoms with Crippen molar-refractivity contribution in [2.75, 3.05) is 38.1 Å². The van der Waals surface area contributed by atoms with Gasteiger partial charge in [-0.2, -0.15) is 0 Å². The third-order valence-corrected chi connectivity index (χ3v) is 5.01. The molecule has 0 aromatic carbocycles. The summed E-state index contributed by atoms with van der Waals surface area (Å²) in [5.74, 6) is 0.901. The summed E-state index contributed by atoms with van der Waals surface area (Å²) in [5, 5.41) is 2.33. The van der Waals surface area contributed by atoms with E-state index in [-0.39, 0.29) is 0 Å². The lowest BCUT2D eigenvalue weighted by Crippen LogP contribution is -2.49. The Bertz CT molecular complexity index is 428. The molecule has 2 saturated heterocycles. The molecule has 0 amide bonds. The van der Waals surface area contributed by atoms with Gasteiger partial charge in [-0.25, -0.2) is 15.0 Å². The van der Waals surface area contributed by atoms with Crippen LogP contribution in [0.1, 0.15) is 58.9 Å². The van der Waals surface area contributed by atoms with Gasteiger partial charge in [-0.3, -0.25) is 5.43 Å². The van der Waals surface area contributed by atoms with Crippen molar-refractivity contribution in [2.24, 2.45) is 5.41 Å². The molecule has 0 aliphatic carbocycles. The Morgan fingerprint density at radius 2 is 1.33 bits per heavy atom. The molecule has 2 aliphatic heterocycles. The minimum Gasteiger partial charge on any atom is -0.341 e. The number of hydrogen-bond donors (Lipinski definition) is 1. The molecule has 1 spiro atoms. The summed E-state index contributed by atoms with van der Waals surface area (Å²) in [6, 6.07) is 0. The van der Waals surface area contributed by atoms with Gasteiger partial charge < -0.3 is 4.90 Å². The monoisotopic (exact) mass is 335 g/mol. The Balaban J connectivity index is 0.000000671. The van der Waals surface area contributed by atoms with Crippen LogP contribution in [0.5, 0.6) is 0 Å². The second kappa shape index (κ2) is 10.6. The Labute approximate surface area is 148 Å². The van der Waals surface area contributed by atoms with Gasteiger partial charge in [0.15, 0.2) is 0 Å². The lowest BCUT2D eigenvalue weighted by Gasteiger charge is -2.46. The summed E-state index contributed by atoms with van der Waals surface area (Å²) in [4.78, 5) is 11.3. The van der Waals surface area contributed by atoms with Gasteiger partial charge >= 0.3 is 0 Å². The summed E-state index contributed by atoms with van der Waals surface area (Å²) in [5.41, 5.74) is 4.96. The van der Waals surface area contributed by atoms with E-state index in [1.807, 2.05) is 54.1 Å². The van der Waals surface area contributed by atoms with E-state index in [0.29, 0.717) is 5.41 Å². The third-order valence-electron chi connectivity index (χ3n) is 5.01. The minimum absolute atomic E-state index is 0.564. The molecule has 3 rings (SSSR count). The standard InChI is InChI=1S/C15H25N5.2C2H6/c1-13-11-17-14(18-12-13)19-7-3-15(4-8-19)5-9-20(16-2)10-6-15;2*1-2/h11-12,16H,3-10H2,1-2H3;2*1-2H3. The van der Waals surface area contributed by atoms with E-state index in [4.69, 9.17) is 0 Å². The average Bonchev–Trinajstić information content (AvgIpc) is 2.67. The number of hydrogen-bond acceptors (Lipinski definition) is 5. The fourth-order valence-corrected chi connectivity index (χ4v) is 3.43. The molecule has 0 radical (unpaired) electrons.